The summed E-state index contributed by atoms with van der Waals surface area (Å²) < 4.78 is 32.2. The van der Waals surface area contributed by atoms with Crippen molar-refractivity contribution in [3.8, 4) is 0 Å². The van der Waals surface area contributed by atoms with Crippen LogP contribution in [0.3, 0.4) is 0 Å². The maximum absolute atomic E-state index is 14.0. The van der Waals surface area contributed by atoms with E-state index in [1.54, 1.807) is 6.92 Å². The van der Waals surface area contributed by atoms with Gasteiger partial charge >= 0.3 is 5.97 Å². The zero-order valence-corrected chi connectivity index (χ0v) is 12.6. The Bertz CT molecular complexity index is 673. The third-order valence-electron chi connectivity index (χ3n) is 2.87. The lowest BCUT2D eigenvalue weighted by Gasteiger charge is -2.14. The topological polar surface area (TPSA) is 51.2 Å². The number of hydrogen-bond donors (Lipinski definition) is 1. The van der Waals surface area contributed by atoms with E-state index in [4.69, 9.17) is 0 Å². The van der Waals surface area contributed by atoms with Crippen LogP contribution in [0.2, 0.25) is 0 Å². The summed E-state index contributed by atoms with van der Waals surface area (Å²) >= 11 is 1.43. The Morgan fingerprint density at radius 1 is 1.38 bits per heavy atom. The predicted octanol–water partition coefficient (Wildman–Crippen LogP) is 3.69. The van der Waals surface area contributed by atoms with Gasteiger partial charge in [-0.3, -0.25) is 0 Å². The van der Waals surface area contributed by atoms with Crippen LogP contribution < -0.4 is 5.32 Å². The molecule has 112 valence electrons. The molecule has 1 aromatic carbocycles. The van der Waals surface area contributed by atoms with Gasteiger partial charge in [0.05, 0.1) is 24.4 Å². The van der Waals surface area contributed by atoms with Crippen molar-refractivity contribution in [3.05, 3.63) is 45.4 Å². The minimum Gasteiger partial charge on any atom is -0.465 e. The normalized spacial score (nSPS) is 12.0. The first-order valence-corrected chi connectivity index (χ1v) is 7.07. The first-order valence-electron chi connectivity index (χ1n) is 6.19. The number of aromatic nitrogens is 1. The molecule has 2 rings (SSSR count). The molecule has 0 spiro atoms. The maximum atomic E-state index is 14.0. The average Bonchev–Trinajstić information content (AvgIpc) is 2.90. The van der Waals surface area contributed by atoms with Crippen molar-refractivity contribution in [2.45, 2.75) is 19.9 Å². The summed E-state index contributed by atoms with van der Waals surface area (Å²) in [5, 5.41) is 5.49. The lowest BCUT2D eigenvalue weighted by atomic mass is 10.1. The predicted molar refractivity (Wildman–Crippen MR) is 76.6 cm³/mol. The van der Waals surface area contributed by atoms with E-state index in [1.807, 2.05) is 12.3 Å². The first-order chi connectivity index (χ1) is 9.93. The number of halogens is 2. The Balaban J connectivity index is 2.25. The van der Waals surface area contributed by atoms with Gasteiger partial charge in [0.1, 0.15) is 5.01 Å². The summed E-state index contributed by atoms with van der Waals surface area (Å²) in [5.74, 6) is -3.26. The molecule has 0 amide bonds. The number of rotatable bonds is 4. The lowest BCUT2D eigenvalue weighted by Crippen LogP contribution is -2.11. The Morgan fingerprint density at radius 3 is 2.67 bits per heavy atom. The molecule has 1 atom stereocenters. The van der Waals surface area contributed by atoms with E-state index in [0.717, 1.165) is 17.8 Å². The van der Waals surface area contributed by atoms with E-state index in [0.29, 0.717) is 0 Å². The Labute approximate surface area is 124 Å². The fraction of sp³-hybridized carbons (Fsp3) is 0.286. The van der Waals surface area contributed by atoms with E-state index in [1.165, 1.54) is 23.5 Å². The highest BCUT2D eigenvalue weighted by molar-refractivity contribution is 7.09. The molecular formula is C14H14F2N2O2S. The van der Waals surface area contributed by atoms with Crippen LogP contribution in [0.1, 0.15) is 34.0 Å². The molecule has 0 aliphatic rings. The largest absolute Gasteiger partial charge is 0.465 e. The minimum absolute atomic E-state index is 0.0273. The molecule has 0 saturated carbocycles. The number of ether oxygens (including phenoxy) is 1. The summed E-state index contributed by atoms with van der Waals surface area (Å²) in [6, 6.07) is 2.22. The third-order valence-corrected chi connectivity index (χ3v) is 4.01. The number of aryl methyl sites for hydroxylation is 1. The van der Waals surface area contributed by atoms with Crippen LogP contribution in [-0.4, -0.2) is 18.1 Å². The van der Waals surface area contributed by atoms with Crippen molar-refractivity contribution < 1.29 is 18.3 Å². The number of anilines is 1. The number of nitrogens with zero attached hydrogens (tertiary/aromatic N) is 1. The molecule has 21 heavy (non-hydrogen) atoms. The number of benzene rings is 1. The fourth-order valence-corrected chi connectivity index (χ4v) is 2.60. The molecule has 0 saturated heterocycles. The van der Waals surface area contributed by atoms with Gasteiger partial charge in [-0.15, -0.1) is 11.3 Å². The van der Waals surface area contributed by atoms with Crippen LogP contribution >= 0.6 is 11.3 Å². The van der Waals surface area contributed by atoms with Gasteiger partial charge in [0.2, 0.25) is 0 Å². The van der Waals surface area contributed by atoms with Crippen LogP contribution in [0.5, 0.6) is 0 Å². The van der Waals surface area contributed by atoms with Crippen LogP contribution in [-0.2, 0) is 4.74 Å². The van der Waals surface area contributed by atoms with Gasteiger partial charge in [-0.25, -0.2) is 18.6 Å². The second-order valence-corrected chi connectivity index (χ2v) is 5.36. The third kappa shape index (κ3) is 3.18. The quantitative estimate of drug-likeness (QED) is 0.875. The SMILES string of the molecule is COC(=O)c1ccc(NC(C)c2nc(C)cs2)c(F)c1F. The van der Waals surface area contributed by atoms with Crippen molar-refractivity contribution in [2.24, 2.45) is 0 Å². The molecule has 0 aliphatic heterocycles. The highest BCUT2D eigenvalue weighted by Gasteiger charge is 2.20. The molecule has 0 aliphatic carbocycles. The van der Waals surface area contributed by atoms with E-state index in [9.17, 15) is 13.6 Å². The molecule has 1 unspecified atom stereocenters. The molecule has 1 heterocycles. The average molecular weight is 312 g/mol. The zero-order chi connectivity index (χ0) is 15.6. The van der Waals surface area contributed by atoms with Gasteiger partial charge in [-0.05, 0) is 26.0 Å². The number of thiazole rings is 1. The van der Waals surface area contributed by atoms with Gasteiger partial charge in [0.15, 0.2) is 11.6 Å². The summed E-state index contributed by atoms with van der Waals surface area (Å²) in [6.45, 7) is 3.65. The second-order valence-electron chi connectivity index (χ2n) is 4.47. The van der Waals surface area contributed by atoms with Gasteiger partial charge in [0.25, 0.3) is 0 Å². The Kier molecular flexibility index (Phi) is 4.52. The number of methoxy groups -OCH3 is 1. The van der Waals surface area contributed by atoms with Crippen molar-refractivity contribution >= 4 is 23.0 Å². The van der Waals surface area contributed by atoms with E-state index in [2.05, 4.69) is 15.0 Å². The number of esters is 1. The molecular weight excluding hydrogens is 298 g/mol. The standard InChI is InChI=1S/C14H14F2N2O2S/c1-7-6-21-13(17-7)8(2)18-10-5-4-9(14(19)20-3)11(15)12(10)16/h4-6,8,18H,1-3H3. The first kappa shape index (κ1) is 15.4. The van der Waals surface area contributed by atoms with Crippen LogP contribution in [0.25, 0.3) is 0 Å². The van der Waals surface area contributed by atoms with E-state index >= 15 is 0 Å². The number of hydrogen-bond acceptors (Lipinski definition) is 5. The summed E-state index contributed by atoms with van der Waals surface area (Å²) in [6.07, 6.45) is 0. The van der Waals surface area contributed by atoms with Crippen molar-refractivity contribution in [1.82, 2.24) is 4.98 Å². The van der Waals surface area contributed by atoms with Crippen LogP contribution in [0, 0.1) is 18.6 Å². The van der Waals surface area contributed by atoms with Gasteiger partial charge in [-0.1, -0.05) is 0 Å². The smallest absolute Gasteiger partial charge is 0.340 e. The Morgan fingerprint density at radius 2 is 2.10 bits per heavy atom. The maximum Gasteiger partial charge on any atom is 0.340 e. The molecule has 0 fully saturated rings. The Hall–Kier alpha value is -2.02. The number of nitrogens with one attached hydrogen (secondary N) is 1. The van der Waals surface area contributed by atoms with Crippen LogP contribution in [0.4, 0.5) is 14.5 Å². The van der Waals surface area contributed by atoms with Crippen LogP contribution in [0.15, 0.2) is 17.5 Å². The van der Waals surface area contributed by atoms with Gasteiger partial charge in [-0.2, -0.15) is 0 Å². The fourth-order valence-electron chi connectivity index (χ4n) is 1.79. The van der Waals surface area contributed by atoms with E-state index < -0.39 is 23.2 Å². The molecule has 1 aromatic heterocycles. The number of carbonyl (C=O) groups excluding carboxylic acids is 1. The highest BCUT2D eigenvalue weighted by atomic mass is 32.1. The molecule has 7 heteroatoms. The van der Waals surface area contributed by atoms with Gasteiger partial charge in [0, 0.05) is 11.1 Å². The lowest BCUT2D eigenvalue weighted by molar-refractivity contribution is 0.0594. The molecule has 0 bridgehead atoms. The number of carbonyl (C=O) groups is 1. The van der Waals surface area contributed by atoms with Crippen molar-refractivity contribution in [3.63, 3.8) is 0 Å². The molecule has 1 N–H and O–H groups in total. The monoisotopic (exact) mass is 312 g/mol. The minimum atomic E-state index is -1.23. The van der Waals surface area contributed by atoms with Gasteiger partial charge < -0.3 is 10.1 Å². The van der Waals surface area contributed by atoms with Crippen molar-refractivity contribution in [1.29, 1.82) is 0 Å². The summed E-state index contributed by atoms with van der Waals surface area (Å²) in [7, 11) is 1.11. The molecule has 4 nitrogen and oxygen atoms in total. The van der Waals surface area contributed by atoms with E-state index in [-0.39, 0.29) is 11.7 Å². The van der Waals surface area contributed by atoms with Crippen molar-refractivity contribution in [2.75, 3.05) is 12.4 Å². The highest BCUT2D eigenvalue weighted by Crippen LogP contribution is 2.26. The molecule has 2 aromatic rings. The molecule has 0 radical (unpaired) electrons. The summed E-state index contributed by atoms with van der Waals surface area (Å²) in [5.41, 5.74) is 0.412. The zero-order valence-electron chi connectivity index (χ0n) is 11.7. The second kappa shape index (κ2) is 6.17. The summed E-state index contributed by atoms with van der Waals surface area (Å²) in [4.78, 5) is 15.6.